The highest BCUT2D eigenvalue weighted by atomic mass is 16.3. The molecule has 0 radical (unpaired) electrons. The SMILES string of the molecule is Cc1cc(C)nc(N(C)CCO)c1. The number of aliphatic hydroxyl groups is 1. The molecule has 0 spiro atoms. The van der Waals surface area contributed by atoms with Crippen molar-refractivity contribution in [1.82, 2.24) is 4.98 Å². The van der Waals surface area contributed by atoms with Gasteiger partial charge >= 0.3 is 0 Å². The molecule has 0 aromatic carbocycles. The highest BCUT2D eigenvalue weighted by molar-refractivity contribution is 5.41. The van der Waals surface area contributed by atoms with Crippen molar-refractivity contribution in [2.75, 3.05) is 25.1 Å². The van der Waals surface area contributed by atoms with Gasteiger partial charge in [-0.2, -0.15) is 0 Å². The van der Waals surface area contributed by atoms with Gasteiger partial charge in [0.2, 0.25) is 0 Å². The van der Waals surface area contributed by atoms with E-state index < -0.39 is 0 Å². The molecule has 0 bridgehead atoms. The summed E-state index contributed by atoms with van der Waals surface area (Å²) in [6, 6.07) is 4.05. The topological polar surface area (TPSA) is 36.4 Å². The van der Waals surface area contributed by atoms with E-state index in [1.54, 1.807) is 0 Å². The fraction of sp³-hybridized carbons (Fsp3) is 0.500. The third kappa shape index (κ3) is 2.70. The Morgan fingerprint density at radius 2 is 2.08 bits per heavy atom. The lowest BCUT2D eigenvalue weighted by Crippen LogP contribution is -2.22. The van der Waals surface area contributed by atoms with Crippen molar-refractivity contribution in [2.24, 2.45) is 0 Å². The maximum atomic E-state index is 8.77. The molecule has 1 rings (SSSR count). The number of rotatable bonds is 3. The van der Waals surface area contributed by atoms with Gasteiger partial charge in [-0.3, -0.25) is 0 Å². The molecule has 0 unspecified atom stereocenters. The van der Waals surface area contributed by atoms with Crippen LogP contribution in [-0.2, 0) is 0 Å². The molecular formula is C10H16N2O. The van der Waals surface area contributed by atoms with E-state index in [1.807, 2.05) is 37.9 Å². The minimum atomic E-state index is 0.158. The molecule has 72 valence electrons. The standard InChI is InChI=1S/C10H16N2O/c1-8-6-9(2)11-10(7-8)12(3)4-5-13/h6-7,13H,4-5H2,1-3H3. The second-order valence-corrected chi connectivity index (χ2v) is 3.29. The Labute approximate surface area is 79.0 Å². The van der Waals surface area contributed by atoms with Gasteiger partial charge in [-0.15, -0.1) is 0 Å². The van der Waals surface area contributed by atoms with Crippen molar-refractivity contribution in [1.29, 1.82) is 0 Å². The molecule has 0 aliphatic carbocycles. The number of anilines is 1. The van der Waals surface area contributed by atoms with E-state index in [9.17, 15) is 0 Å². The van der Waals surface area contributed by atoms with E-state index in [-0.39, 0.29) is 6.61 Å². The van der Waals surface area contributed by atoms with E-state index >= 15 is 0 Å². The zero-order valence-corrected chi connectivity index (χ0v) is 8.41. The Hall–Kier alpha value is -1.09. The van der Waals surface area contributed by atoms with Crippen LogP contribution in [0.15, 0.2) is 12.1 Å². The van der Waals surface area contributed by atoms with Crippen molar-refractivity contribution in [3.63, 3.8) is 0 Å². The Bertz CT molecular complexity index is 266. The maximum Gasteiger partial charge on any atom is 0.128 e. The van der Waals surface area contributed by atoms with Crippen molar-refractivity contribution in [2.45, 2.75) is 13.8 Å². The van der Waals surface area contributed by atoms with Gasteiger partial charge in [-0.05, 0) is 31.5 Å². The fourth-order valence-electron chi connectivity index (χ4n) is 1.28. The average molecular weight is 180 g/mol. The van der Waals surface area contributed by atoms with Crippen molar-refractivity contribution in [3.8, 4) is 0 Å². The van der Waals surface area contributed by atoms with E-state index in [1.165, 1.54) is 5.56 Å². The third-order valence-corrected chi connectivity index (χ3v) is 1.91. The van der Waals surface area contributed by atoms with Crippen LogP contribution < -0.4 is 4.90 Å². The van der Waals surface area contributed by atoms with Crippen molar-refractivity contribution in [3.05, 3.63) is 23.4 Å². The minimum absolute atomic E-state index is 0.158. The van der Waals surface area contributed by atoms with Crippen LogP contribution in [0.2, 0.25) is 0 Å². The van der Waals surface area contributed by atoms with E-state index in [2.05, 4.69) is 4.98 Å². The van der Waals surface area contributed by atoms with E-state index in [0.29, 0.717) is 6.54 Å². The predicted octanol–water partition coefficient (Wildman–Crippen LogP) is 1.13. The molecule has 1 aromatic heterocycles. The minimum Gasteiger partial charge on any atom is -0.395 e. The summed E-state index contributed by atoms with van der Waals surface area (Å²) in [7, 11) is 1.93. The quantitative estimate of drug-likeness (QED) is 0.757. The number of aromatic nitrogens is 1. The van der Waals surface area contributed by atoms with Gasteiger partial charge in [0.1, 0.15) is 5.82 Å². The van der Waals surface area contributed by atoms with E-state index in [0.717, 1.165) is 11.5 Å². The molecule has 0 amide bonds. The van der Waals surface area contributed by atoms with Crippen LogP contribution >= 0.6 is 0 Å². The maximum absolute atomic E-state index is 8.77. The third-order valence-electron chi connectivity index (χ3n) is 1.91. The molecule has 0 atom stereocenters. The molecular weight excluding hydrogens is 164 g/mol. The second kappa shape index (κ2) is 4.23. The number of hydrogen-bond acceptors (Lipinski definition) is 3. The van der Waals surface area contributed by atoms with Crippen LogP contribution in [0.1, 0.15) is 11.3 Å². The number of aliphatic hydroxyl groups excluding tert-OH is 1. The largest absolute Gasteiger partial charge is 0.395 e. The molecule has 0 aliphatic heterocycles. The number of hydrogen-bond donors (Lipinski definition) is 1. The first-order valence-corrected chi connectivity index (χ1v) is 4.41. The summed E-state index contributed by atoms with van der Waals surface area (Å²) in [5.41, 5.74) is 2.21. The van der Waals surface area contributed by atoms with Crippen molar-refractivity contribution < 1.29 is 5.11 Å². The summed E-state index contributed by atoms with van der Waals surface area (Å²) < 4.78 is 0. The first-order valence-electron chi connectivity index (χ1n) is 4.41. The Morgan fingerprint density at radius 1 is 1.38 bits per heavy atom. The molecule has 13 heavy (non-hydrogen) atoms. The van der Waals surface area contributed by atoms with Gasteiger partial charge in [-0.25, -0.2) is 4.98 Å². The zero-order chi connectivity index (χ0) is 9.84. The van der Waals surface area contributed by atoms with Crippen LogP contribution in [0.5, 0.6) is 0 Å². The second-order valence-electron chi connectivity index (χ2n) is 3.29. The summed E-state index contributed by atoms with van der Waals surface area (Å²) in [5, 5.41) is 8.77. The summed E-state index contributed by atoms with van der Waals surface area (Å²) in [6.07, 6.45) is 0. The Kier molecular flexibility index (Phi) is 3.25. The first-order chi connectivity index (χ1) is 6.13. The van der Waals surface area contributed by atoms with Gasteiger partial charge in [0.05, 0.1) is 6.61 Å². The fourth-order valence-corrected chi connectivity index (χ4v) is 1.28. The molecule has 3 nitrogen and oxygen atoms in total. The highest BCUT2D eigenvalue weighted by Crippen LogP contribution is 2.12. The predicted molar refractivity (Wildman–Crippen MR) is 54.1 cm³/mol. The number of nitrogens with zero attached hydrogens (tertiary/aromatic N) is 2. The van der Waals surface area contributed by atoms with Crippen LogP contribution in [0.25, 0.3) is 0 Å². The molecule has 1 N–H and O–H groups in total. The van der Waals surface area contributed by atoms with Gasteiger partial charge in [0.15, 0.2) is 0 Å². The zero-order valence-electron chi connectivity index (χ0n) is 8.41. The summed E-state index contributed by atoms with van der Waals surface area (Å²) in [5.74, 6) is 0.923. The van der Waals surface area contributed by atoms with Gasteiger partial charge in [0, 0.05) is 19.3 Å². The average Bonchev–Trinajstić information content (AvgIpc) is 2.03. The Balaban J connectivity index is 2.87. The monoisotopic (exact) mass is 180 g/mol. The summed E-state index contributed by atoms with van der Waals surface area (Å²) >= 11 is 0. The summed E-state index contributed by atoms with van der Waals surface area (Å²) in [4.78, 5) is 6.31. The smallest absolute Gasteiger partial charge is 0.128 e. The lowest BCUT2D eigenvalue weighted by Gasteiger charge is -2.17. The highest BCUT2D eigenvalue weighted by Gasteiger charge is 2.02. The molecule has 3 heteroatoms. The van der Waals surface area contributed by atoms with Crippen LogP contribution in [0.4, 0.5) is 5.82 Å². The lowest BCUT2D eigenvalue weighted by molar-refractivity contribution is 0.304. The molecule has 1 aromatic rings. The lowest BCUT2D eigenvalue weighted by atomic mass is 10.2. The van der Waals surface area contributed by atoms with Gasteiger partial charge in [0.25, 0.3) is 0 Å². The molecule has 0 fully saturated rings. The van der Waals surface area contributed by atoms with Crippen LogP contribution in [0, 0.1) is 13.8 Å². The molecule has 0 saturated carbocycles. The summed E-state index contributed by atoms with van der Waals surface area (Å²) in [6.45, 7) is 4.80. The number of aryl methyl sites for hydroxylation is 2. The number of pyridine rings is 1. The normalized spacial score (nSPS) is 10.2. The van der Waals surface area contributed by atoms with Gasteiger partial charge in [-0.1, -0.05) is 0 Å². The van der Waals surface area contributed by atoms with Gasteiger partial charge < -0.3 is 10.0 Å². The first kappa shape index (κ1) is 9.99. The molecule has 0 saturated heterocycles. The Morgan fingerprint density at radius 3 is 2.62 bits per heavy atom. The van der Waals surface area contributed by atoms with Crippen LogP contribution in [-0.4, -0.2) is 30.3 Å². The number of likely N-dealkylation sites (N-methyl/N-ethyl adjacent to an activating group) is 1. The van der Waals surface area contributed by atoms with Crippen molar-refractivity contribution >= 4 is 5.82 Å². The van der Waals surface area contributed by atoms with Crippen LogP contribution in [0.3, 0.4) is 0 Å². The van der Waals surface area contributed by atoms with E-state index in [4.69, 9.17) is 5.11 Å². The molecule has 0 aliphatic rings. The molecule has 1 heterocycles.